The summed E-state index contributed by atoms with van der Waals surface area (Å²) in [6.07, 6.45) is 0.170. The Labute approximate surface area is 112 Å². The van der Waals surface area contributed by atoms with Crippen molar-refractivity contribution in [3.8, 4) is 0 Å². The molecule has 0 spiro atoms. The molecular formula is C14H19NO4. The van der Waals surface area contributed by atoms with E-state index in [2.05, 4.69) is 0 Å². The van der Waals surface area contributed by atoms with Gasteiger partial charge in [-0.1, -0.05) is 30.3 Å². The molecule has 0 heterocycles. The Morgan fingerprint density at radius 2 is 2.00 bits per heavy atom. The molecular weight excluding hydrogens is 246 g/mol. The first-order valence-corrected chi connectivity index (χ1v) is 6.20. The summed E-state index contributed by atoms with van der Waals surface area (Å²) in [5.41, 5.74) is 0.633. The maximum atomic E-state index is 10.4. The number of aliphatic carboxylic acids is 1. The highest BCUT2D eigenvalue weighted by molar-refractivity contribution is 6.34. The fraction of sp³-hybridized carbons (Fsp3) is 0.429. The summed E-state index contributed by atoms with van der Waals surface area (Å²) in [6.45, 7) is 1.04. The minimum absolute atomic E-state index is 0.117. The van der Waals surface area contributed by atoms with Gasteiger partial charge in [-0.2, -0.15) is 0 Å². The summed E-state index contributed by atoms with van der Waals surface area (Å²) in [5, 5.41) is 25.1. The maximum Gasteiger partial charge on any atom is 0.349 e. The summed E-state index contributed by atoms with van der Waals surface area (Å²) < 4.78 is 5.44. The first-order valence-electron chi connectivity index (χ1n) is 6.20. The molecule has 1 rings (SSSR count). The maximum absolute atomic E-state index is 10.4. The number of hydrogen-bond acceptors (Lipinski definition) is 4. The first kappa shape index (κ1) is 15.3. The van der Waals surface area contributed by atoms with Crippen LogP contribution in [-0.2, 0) is 16.1 Å². The second-order valence-corrected chi connectivity index (χ2v) is 4.32. The highest BCUT2D eigenvalue weighted by Gasteiger charge is 2.12. The lowest BCUT2D eigenvalue weighted by atomic mass is 10.1. The smallest absolute Gasteiger partial charge is 0.349 e. The molecule has 5 nitrogen and oxygen atoms in total. The Bertz CT molecular complexity index is 405. The predicted octanol–water partition coefficient (Wildman–Crippen LogP) is 1.84. The van der Waals surface area contributed by atoms with E-state index >= 15 is 0 Å². The molecule has 0 aliphatic rings. The van der Waals surface area contributed by atoms with Crippen molar-refractivity contribution in [3.05, 3.63) is 35.9 Å². The summed E-state index contributed by atoms with van der Waals surface area (Å²) in [6, 6.07) is 9.78. The number of rotatable bonds is 9. The van der Waals surface area contributed by atoms with E-state index in [4.69, 9.17) is 15.3 Å². The lowest BCUT2D eigenvalue weighted by Crippen LogP contribution is -2.20. The molecule has 5 heteroatoms. The number of ether oxygens (including phenoxy) is 1. The molecule has 0 fully saturated rings. The molecule has 1 atom stereocenters. The lowest BCUT2D eigenvalue weighted by molar-refractivity contribution is -0.129. The van der Waals surface area contributed by atoms with Crippen LogP contribution in [-0.4, -0.2) is 34.6 Å². The third kappa shape index (κ3) is 6.69. The van der Waals surface area contributed by atoms with Crippen molar-refractivity contribution in [2.45, 2.75) is 32.0 Å². The van der Waals surface area contributed by atoms with Gasteiger partial charge in [0.15, 0.2) is 0 Å². The molecule has 0 aromatic heterocycles. The molecule has 0 saturated heterocycles. The Morgan fingerprint density at radius 1 is 1.32 bits per heavy atom. The molecule has 1 aromatic carbocycles. The molecule has 0 radical (unpaired) electrons. The highest BCUT2D eigenvalue weighted by atomic mass is 16.5. The molecule has 0 bridgehead atoms. The number of carboxylic acid groups (broad SMARTS) is 1. The second-order valence-electron chi connectivity index (χ2n) is 4.32. The average molecular weight is 265 g/mol. The standard InChI is InChI=1S/C14H19NO4/c15-13(14(17)18)9-12(16)7-4-8-19-10-11-5-2-1-3-6-11/h1-3,5-6,12,15-16H,4,7-10H2,(H,17,18). The van der Waals surface area contributed by atoms with Gasteiger partial charge < -0.3 is 14.9 Å². The van der Waals surface area contributed by atoms with Gasteiger partial charge in [-0.05, 0) is 18.4 Å². The quantitative estimate of drug-likeness (QED) is 0.469. The van der Waals surface area contributed by atoms with Crippen LogP contribution >= 0.6 is 0 Å². The molecule has 0 aliphatic heterocycles. The molecule has 0 aliphatic carbocycles. The van der Waals surface area contributed by atoms with Crippen molar-refractivity contribution in [2.75, 3.05) is 6.61 Å². The summed E-state index contributed by atoms with van der Waals surface area (Å²) in [4.78, 5) is 10.4. The van der Waals surface area contributed by atoms with Gasteiger partial charge in [0, 0.05) is 13.0 Å². The third-order valence-corrected chi connectivity index (χ3v) is 2.64. The highest BCUT2D eigenvalue weighted by Crippen LogP contribution is 2.05. The monoisotopic (exact) mass is 265 g/mol. The minimum atomic E-state index is -1.28. The van der Waals surface area contributed by atoms with Gasteiger partial charge in [-0.25, -0.2) is 4.79 Å². The Morgan fingerprint density at radius 3 is 2.63 bits per heavy atom. The number of carboxylic acids is 1. The van der Waals surface area contributed by atoms with Gasteiger partial charge in [0.1, 0.15) is 5.71 Å². The van der Waals surface area contributed by atoms with E-state index in [-0.39, 0.29) is 6.42 Å². The van der Waals surface area contributed by atoms with Gasteiger partial charge >= 0.3 is 5.97 Å². The lowest BCUT2D eigenvalue weighted by Gasteiger charge is -2.09. The number of benzene rings is 1. The van der Waals surface area contributed by atoms with E-state index in [1.165, 1.54) is 0 Å². The van der Waals surface area contributed by atoms with Crippen molar-refractivity contribution < 1.29 is 19.7 Å². The van der Waals surface area contributed by atoms with Crippen molar-refractivity contribution in [1.82, 2.24) is 0 Å². The van der Waals surface area contributed by atoms with E-state index in [0.717, 1.165) is 5.56 Å². The van der Waals surface area contributed by atoms with E-state index in [9.17, 15) is 9.90 Å². The minimum Gasteiger partial charge on any atom is -0.477 e. The topological polar surface area (TPSA) is 90.6 Å². The molecule has 104 valence electrons. The van der Waals surface area contributed by atoms with Crippen LogP contribution in [0.4, 0.5) is 0 Å². The fourth-order valence-electron chi connectivity index (χ4n) is 1.61. The van der Waals surface area contributed by atoms with Crippen LogP contribution < -0.4 is 0 Å². The third-order valence-electron chi connectivity index (χ3n) is 2.64. The van der Waals surface area contributed by atoms with Crippen molar-refractivity contribution in [1.29, 1.82) is 5.41 Å². The van der Waals surface area contributed by atoms with E-state index in [1.807, 2.05) is 30.3 Å². The molecule has 3 N–H and O–H groups in total. The van der Waals surface area contributed by atoms with Crippen molar-refractivity contribution in [2.24, 2.45) is 0 Å². The summed E-state index contributed by atoms with van der Waals surface area (Å²) in [7, 11) is 0. The van der Waals surface area contributed by atoms with Gasteiger partial charge in [0.25, 0.3) is 0 Å². The molecule has 0 saturated carbocycles. The Kier molecular flexibility index (Phi) is 6.78. The van der Waals surface area contributed by atoms with Gasteiger partial charge in [0.05, 0.1) is 12.7 Å². The van der Waals surface area contributed by atoms with Crippen molar-refractivity contribution in [3.63, 3.8) is 0 Å². The van der Waals surface area contributed by atoms with Crippen LogP contribution in [0.1, 0.15) is 24.8 Å². The number of hydrogen-bond donors (Lipinski definition) is 3. The van der Waals surface area contributed by atoms with Crippen LogP contribution in [0.5, 0.6) is 0 Å². The van der Waals surface area contributed by atoms with Crippen LogP contribution in [0.15, 0.2) is 30.3 Å². The average Bonchev–Trinajstić information content (AvgIpc) is 2.39. The molecule has 1 unspecified atom stereocenters. The fourth-order valence-corrected chi connectivity index (χ4v) is 1.61. The number of aliphatic hydroxyl groups excluding tert-OH is 1. The summed E-state index contributed by atoms with van der Waals surface area (Å²) in [5.74, 6) is -1.28. The number of nitrogens with one attached hydrogen (secondary N) is 1. The van der Waals surface area contributed by atoms with Gasteiger partial charge in [0.2, 0.25) is 0 Å². The van der Waals surface area contributed by atoms with E-state index < -0.39 is 17.8 Å². The van der Waals surface area contributed by atoms with Gasteiger partial charge in [-0.3, -0.25) is 5.41 Å². The van der Waals surface area contributed by atoms with E-state index in [1.54, 1.807) is 0 Å². The number of aliphatic hydroxyl groups is 1. The van der Waals surface area contributed by atoms with Crippen LogP contribution in [0.2, 0.25) is 0 Å². The number of carbonyl (C=O) groups is 1. The first-order chi connectivity index (χ1) is 9.09. The molecule has 19 heavy (non-hydrogen) atoms. The zero-order chi connectivity index (χ0) is 14.1. The zero-order valence-corrected chi connectivity index (χ0v) is 10.7. The molecule has 0 amide bonds. The van der Waals surface area contributed by atoms with Crippen LogP contribution in [0.25, 0.3) is 0 Å². The van der Waals surface area contributed by atoms with Gasteiger partial charge in [-0.15, -0.1) is 0 Å². The zero-order valence-electron chi connectivity index (χ0n) is 10.7. The van der Waals surface area contributed by atoms with Crippen LogP contribution in [0.3, 0.4) is 0 Å². The van der Waals surface area contributed by atoms with E-state index in [0.29, 0.717) is 26.1 Å². The molecule has 1 aromatic rings. The largest absolute Gasteiger partial charge is 0.477 e. The summed E-state index contributed by atoms with van der Waals surface area (Å²) >= 11 is 0. The van der Waals surface area contributed by atoms with Crippen molar-refractivity contribution >= 4 is 11.7 Å². The second kappa shape index (κ2) is 8.39. The Balaban J connectivity index is 2.07. The normalized spacial score (nSPS) is 12.1. The predicted molar refractivity (Wildman–Crippen MR) is 71.3 cm³/mol. The Hall–Kier alpha value is -1.72. The SMILES string of the molecule is N=C(CC(O)CCCOCc1ccccc1)C(=O)O. The van der Waals surface area contributed by atoms with Crippen LogP contribution in [0, 0.1) is 5.41 Å².